The second-order valence-electron chi connectivity index (χ2n) is 21.8. The van der Waals surface area contributed by atoms with Gasteiger partial charge in [0.05, 0.1) is 11.5 Å². The van der Waals surface area contributed by atoms with Gasteiger partial charge in [-0.25, -0.2) is 4.39 Å². The number of hydrogen-bond acceptors (Lipinski definition) is 4. The smallest absolute Gasteiger partial charge is 0.312 e. The van der Waals surface area contributed by atoms with Crippen LogP contribution in [0.15, 0.2) is 59.7 Å². The number of aliphatic hydroxyl groups excluding tert-OH is 1. The zero-order valence-corrected chi connectivity index (χ0v) is 37.4. The Kier molecular flexibility index (Phi) is 11.7. The lowest BCUT2D eigenvalue weighted by Gasteiger charge is -2.72. The molecule has 4 saturated carbocycles. The van der Waals surface area contributed by atoms with Crippen LogP contribution < -0.4 is 0 Å². The van der Waals surface area contributed by atoms with E-state index in [1.54, 1.807) is 0 Å². The number of aliphatic carboxylic acids is 1. The van der Waals surface area contributed by atoms with E-state index in [1.807, 2.05) is 12.1 Å². The summed E-state index contributed by atoms with van der Waals surface area (Å²) in [5.41, 5.74) is 4.33. The lowest BCUT2D eigenvalue weighted by atomic mass is 9.32. The second kappa shape index (κ2) is 15.5. The van der Waals surface area contributed by atoms with Gasteiger partial charge in [0.1, 0.15) is 6.67 Å². The molecule has 5 nitrogen and oxygen atoms in total. The minimum Gasteiger partial charge on any atom is -0.481 e. The topological polar surface area (TPSA) is 64.0 Å². The predicted molar refractivity (Wildman–Crippen MR) is 232 cm³/mol. The Morgan fingerprint density at radius 3 is 2.25 bits per heavy atom. The zero-order valence-electron chi connectivity index (χ0n) is 36.6. The average molecular weight is 806 g/mol. The number of fused-ring (bicyclic) bond motifs is 7. The van der Waals surface area contributed by atoms with Crippen molar-refractivity contribution in [2.75, 3.05) is 40.4 Å². The van der Waals surface area contributed by atoms with Crippen LogP contribution in [0.5, 0.6) is 0 Å². The number of hydrogen-bond donors (Lipinski definition) is 2. The maximum atomic E-state index is 14.1. The van der Waals surface area contributed by atoms with Gasteiger partial charge < -0.3 is 15.1 Å². The number of likely N-dealkylation sites (N-methyl/N-ethyl adjacent to an activating group) is 1. The predicted octanol–water partition coefficient (Wildman–Crippen LogP) is 11.4. The highest BCUT2D eigenvalue weighted by Gasteiger charge is 2.71. The highest BCUT2D eigenvalue weighted by molar-refractivity contribution is 6.30. The van der Waals surface area contributed by atoms with Gasteiger partial charge in [0.15, 0.2) is 0 Å². The molecule has 316 valence electrons. The molecule has 57 heavy (non-hydrogen) atoms. The van der Waals surface area contributed by atoms with Crippen molar-refractivity contribution in [1.29, 1.82) is 0 Å². The summed E-state index contributed by atoms with van der Waals surface area (Å²) in [7, 11) is 4.26. The number of carboxylic acid groups (broad SMARTS) is 1. The quantitative estimate of drug-likeness (QED) is 0.206. The Labute approximate surface area is 349 Å². The molecule has 0 saturated heterocycles. The summed E-state index contributed by atoms with van der Waals surface area (Å²) in [6, 6.07) is 8.21. The largest absolute Gasteiger partial charge is 0.481 e. The third kappa shape index (κ3) is 6.95. The molecule has 0 amide bonds. The summed E-state index contributed by atoms with van der Waals surface area (Å²) in [6.07, 6.45) is 15.9. The molecule has 0 aliphatic heterocycles. The fourth-order valence-corrected chi connectivity index (χ4v) is 15.4. The molecule has 6 aliphatic carbocycles. The first-order valence-corrected chi connectivity index (χ1v) is 22.8. The van der Waals surface area contributed by atoms with Crippen molar-refractivity contribution < 1.29 is 19.4 Å². The Bertz CT molecular complexity index is 1760. The van der Waals surface area contributed by atoms with Crippen LogP contribution in [0.2, 0.25) is 5.02 Å². The summed E-state index contributed by atoms with van der Waals surface area (Å²) in [6.45, 7) is 22.3. The molecule has 2 N–H and O–H groups in total. The standard InChI is InChI=1S/C50H74ClFN2O3/c1-33(2)37-18-25-50(42(55)31-54(29-28-53(8)9)30-34-10-12-36(51)13-11-34)27-26-47(6)39(43(37)50)14-15-41-46(5)21-19-38(45(3,4)40(46)20-22-48(41,47)7)35-16-23-49(32-52,24-17-35)44(56)57/h10-13,16,19,37,39-43,55H,1,14-15,17-18,20-32H2,2-9H3,(H,56,57)/t37-,39+,40-,41+,42?,43+,46-,47+,48+,49-,50+/m0/s1. The molecule has 0 aromatic heterocycles. The summed E-state index contributed by atoms with van der Waals surface area (Å²) >= 11 is 6.27. The van der Waals surface area contributed by atoms with E-state index in [0.29, 0.717) is 49.0 Å². The molecule has 0 heterocycles. The number of carboxylic acids is 1. The maximum Gasteiger partial charge on any atom is 0.312 e. The molecule has 7 rings (SSSR count). The first-order chi connectivity index (χ1) is 26.8. The van der Waals surface area contributed by atoms with Crippen molar-refractivity contribution in [2.24, 2.45) is 62.1 Å². The van der Waals surface area contributed by atoms with Crippen LogP contribution >= 0.6 is 11.6 Å². The minimum absolute atomic E-state index is 0.0380. The van der Waals surface area contributed by atoms with Crippen molar-refractivity contribution in [3.63, 3.8) is 0 Å². The number of rotatable bonds is 12. The number of benzene rings is 1. The van der Waals surface area contributed by atoms with Crippen molar-refractivity contribution in [2.45, 2.75) is 131 Å². The van der Waals surface area contributed by atoms with Crippen LogP contribution in [0.25, 0.3) is 0 Å². The van der Waals surface area contributed by atoms with Gasteiger partial charge >= 0.3 is 5.97 Å². The molecule has 0 spiro atoms. The van der Waals surface area contributed by atoms with Gasteiger partial charge in [-0.15, -0.1) is 0 Å². The zero-order chi connectivity index (χ0) is 41.3. The van der Waals surface area contributed by atoms with Crippen LogP contribution in [0.3, 0.4) is 0 Å². The minimum atomic E-state index is -1.27. The number of allylic oxidation sites excluding steroid dienone is 5. The normalized spacial score (nSPS) is 40.3. The van der Waals surface area contributed by atoms with Gasteiger partial charge in [-0.3, -0.25) is 9.69 Å². The summed E-state index contributed by atoms with van der Waals surface area (Å²) < 4.78 is 14.1. The van der Waals surface area contributed by atoms with Gasteiger partial charge in [-0.1, -0.05) is 82.7 Å². The fraction of sp³-hybridized carbons (Fsp3) is 0.740. The first kappa shape index (κ1) is 43.1. The Hall–Kier alpha value is -1.99. The van der Waals surface area contributed by atoms with Crippen LogP contribution in [0.4, 0.5) is 4.39 Å². The van der Waals surface area contributed by atoms with E-state index in [-0.39, 0.29) is 33.5 Å². The number of carbonyl (C=O) groups is 1. The first-order valence-electron chi connectivity index (χ1n) is 22.4. The van der Waals surface area contributed by atoms with Crippen molar-refractivity contribution in [1.82, 2.24) is 9.80 Å². The molecular weight excluding hydrogens is 731 g/mol. The van der Waals surface area contributed by atoms with Crippen molar-refractivity contribution in [3.8, 4) is 0 Å². The van der Waals surface area contributed by atoms with Gasteiger partial charge in [0.25, 0.3) is 0 Å². The number of aliphatic hydroxyl groups is 1. The molecule has 11 atom stereocenters. The van der Waals surface area contributed by atoms with Crippen LogP contribution in [0.1, 0.15) is 124 Å². The molecule has 1 aromatic carbocycles. The molecule has 0 radical (unpaired) electrons. The average Bonchev–Trinajstić information content (AvgIpc) is 3.56. The third-order valence-electron chi connectivity index (χ3n) is 18.7. The molecular formula is C50H74ClFN2O3. The summed E-state index contributed by atoms with van der Waals surface area (Å²) in [4.78, 5) is 16.8. The van der Waals surface area contributed by atoms with Gasteiger partial charge in [-0.05, 0) is 178 Å². The second-order valence-corrected chi connectivity index (χ2v) is 22.2. The van der Waals surface area contributed by atoms with E-state index in [0.717, 1.165) is 50.3 Å². The van der Waals surface area contributed by atoms with Crippen LogP contribution in [-0.2, 0) is 11.3 Å². The van der Waals surface area contributed by atoms with Gasteiger partial charge in [0.2, 0.25) is 0 Å². The third-order valence-corrected chi connectivity index (χ3v) is 18.9. The SMILES string of the molecule is C=C(C)[C@@H]1CC[C@]2(C(O)CN(CCN(C)C)Cc3ccc(Cl)cc3)CC[C@]3(C)[C@H](CC[C@@H]4[C@@]5(C)CC=C(C6=CC[C@](CF)(C(=O)O)CC6)C(C)(C)[C@@H]5CC[C@]43C)[C@@H]12. The summed E-state index contributed by atoms with van der Waals surface area (Å²) in [5.74, 6) is 1.58. The van der Waals surface area contributed by atoms with E-state index in [1.165, 1.54) is 54.4 Å². The number of halogens is 2. The maximum absolute atomic E-state index is 14.1. The lowest BCUT2D eigenvalue weighted by molar-refractivity contribution is -0.236. The van der Waals surface area contributed by atoms with E-state index >= 15 is 0 Å². The van der Waals surface area contributed by atoms with Gasteiger partial charge in [-0.2, -0.15) is 0 Å². The number of nitrogens with zero attached hydrogens (tertiary/aromatic N) is 2. The Balaban J connectivity index is 1.17. The molecule has 0 bridgehead atoms. The monoisotopic (exact) mass is 805 g/mol. The molecule has 1 unspecified atom stereocenters. The fourth-order valence-electron chi connectivity index (χ4n) is 15.3. The number of alkyl halides is 1. The summed E-state index contributed by atoms with van der Waals surface area (Å²) in [5, 5.41) is 23.4. The molecule has 4 fully saturated rings. The van der Waals surface area contributed by atoms with Crippen LogP contribution in [0, 0.1) is 62.1 Å². The Morgan fingerprint density at radius 2 is 1.63 bits per heavy atom. The van der Waals surface area contributed by atoms with Gasteiger partial charge in [0, 0.05) is 36.6 Å². The molecule has 6 aliphatic rings. The van der Waals surface area contributed by atoms with Crippen LogP contribution in [-0.4, -0.2) is 72.5 Å². The van der Waals surface area contributed by atoms with E-state index in [2.05, 4.69) is 96.3 Å². The van der Waals surface area contributed by atoms with E-state index in [4.69, 9.17) is 11.6 Å². The highest BCUT2D eigenvalue weighted by atomic mass is 35.5. The highest BCUT2D eigenvalue weighted by Crippen LogP contribution is 2.78. The lowest BCUT2D eigenvalue weighted by Crippen LogP contribution is -2.66. The van der Waals surface area contributed by atoms with E-state index < -0.39 is 24.2 Å². The molecule has 7 heteroatoms. The Morgan fingerprint density at radius 1 is 0.912 bits per heavy atom. The van der Waals surface area contributed by atoms with Crippen molar-refractivity contribution >= 4 is 17.6 Å². The van der Waals surface area contributed by atoms with E-state index in [9.17, 15) is 19.4 Å². The van der Waals surface area contributed by atoms with Crippen molar-refractivity contribution in [3.05, 3.63) is 70.3 Å². The molecule has 1 aromatic rings.